The minimum absolute atomic E-state index is 0.124. The van der Waals surface area contributed by atoms with Gasteiger partial charge in [0.05, 0.1) is 42.9 Å². The van der Waals surface area contributed by atoms with Crippen molar-refractivity contribution >= 4 is 78.3 Å². The molecule has 0 unspecified atom stereocenters. The lowest BCUT2D eigenvalue weighted by atomic mass is 9.83. The highest BCUT2D eigenvalue weighted by molar-refractivity contribution is 6.41. The van der Waals surface area contributed by atoms with Crippen LogP contribution >= 0.6 is 0 Å². The monoisotopic (exact) mass is 518 g/mol. The molecule has 0 amide bonds. The molecule has 4 N–H and O–H groups in total. The van der Waals surface area contributed by atoms with Gasteiger partial charge in [-0.05, 0) is 28.3 Å². The second kappa shape index (κ2) is 7.79. The Morgan fingerprint density at radius 2 is 0.842 bits per heavy atom. The van der Waals surface area contributed by atoms with Crippen LogP contribution in [0.3, 0.4) is 0 Å². The largest absolute Gasteiger partial charge is 0.478 e. The zero-order valence-electron chi connectivity index (χ0n) is 18.4. The molecule has 5 aromatic carbocycles. The number of fused-ring (bicyclic) bond motifs is 2. The van der Waals surface area contributed by atoms with Crippen LogP contribution in [0.2, 0.25) is 0 Å². The molecule has 0 radical (unpaired) electrons. The fourth-order valence-electron chi connectivity index (χ4n) is 5.05. The Bertz CT molecular complexity index is 1860. The minimum atomic E-state index is -1.74. The summed E-state index contributed by atoms with van der Waals surface area (Å²) in [7, 11) is 0. The average molecular weight is 518 g/mol. The van der Waals surface area contributed by atoms with E-state index in [4.69, 9.17) is 0 Å². The number of carboxylic acid groups (broad SMARTS) is 4. The van der Waals surface area contributed by atoms with Gasteiger partial charge in [-0.25, -0.2) is 19.2 Å². The Hall–Kier alpha value is -5.92. The highest BCUT2D eigenvalue weighted by Crippen LogP contribution is 2.49. The Kier molecular flexibility index (Phi) is 4.88. The summed E-state index contributed by atoms with van der Waals surface area (Å²) in [5, 5.41) is 60.8. The lowest BCUT2D eigenvalue weighted by Gasteiger charge is -2.18. The summed E-state index contributed by atoms with van der Waals surface area (Å²) in [5.41, 5.74) is -4.32. The van der Waals surface area contributed by atoms with Crippen LogP contribution in [0.5, 0.6) is 0 Å². The van der Waals surface area contributed by atoms with Gasteiger partial charge in [0.2, 0.25) is 0 Å². The molecule has 188 valence electrons. The zero-order valence-corrected chi connectivity index (χ0v) is 18.4. The van der Waals surface area contributed by atoms with E-state index in [0.717, 1.165) is 24.3 Å². The van der Waals surface area contributed by atoms with Crippen molar-refractivity contribution < 1.29 is 49.5 Å². The number of non-ortho nitro benzene ring substituents is 2. The van der Waals surface area contributed by atoms with Gasteiger partial charge in [-0.1, -0.05) is 12.1 Å². The van der Waals surface area contributed by atoms with Crippen molar-refractivity contribution in [2.24, 2.45) is 0 Å². The summed E-state index contributed by atoms with van der Waals surface area (Å²) in [6.45, 7) is 0. The standard InChI is InChI=1S/C24H10N2O12/c27-21(28)9-3-1-7-15-8(2-4-10(16(9)15)22(29)30)19-14(26(37)38)6-12(24(33)34)17-11(23(31)32)5-13(25(35)36)18(7)20(17)19/h1-6H,(H,27,28)(H,29,30)(H,31,32)(H,33,34). The molecule has 0 aliphatic heterocycles. The molecule has 0 spiro atoms. The molecular weight excluding hydrogens is 508 g/mol. The maximum atomic E-state index is 12.1. The lowest BCUT2D eigenvalue weighted by molar-refractivity contribution is -0.383. The summed E-state index contributed by atoms with van der Waals surface area (Å²) in [6.07, 6.45) is 0. The summed E-state index contributed by atoms with van der Waals surface area (Å²) in [6, 6.07) is 5.49. The van der Waals surface area contributed by atoms with E-state index < -0.39 is 88.9 Å². The normalized spacial score (nSPS) is 11.4. The third kappa shape index (κ3) is 3.00. The van der Waals surface area contributed by atoms with E-state index in [2.05, 4.69) is 0 Å². The fraction of sp³-hybridized carbons (Fsp3) is 0. The van der Waals surface area contributed by atoms with E-state index in [1.54, 1.807) is 0 Å². The third-order valence-electron chi connectivity index (χ3n) is 6.38. The molecule has 0 fully saturated rings. The number of nitro benzene ring substituents is 2. The SMILES string of the molecule is O=C(O)c1ccc2c3c([N+](=O)[O-])cc(C(=O)O)c4c(C(=O)O)cc([N+](=O)[O-])c(c5ccc(C(=O)O)c1c25)c43. The van der Waals surface area contributed by atoms with Gasteiger partial charge in [0.1, 0.15) is 0 Å². The first-order valence-electron chi connectivity index (χ1n) is 10.4. The first-order valence-corrected chi connectivity index (χ1v) is 10.4. The molecule has 0 saturated carbocycles. The number of nitrogens with zero attached hydrogens (tertiary/aromatic N) is 2. The van der Waals surface area contributed by atoms with Crippen LogP contribution < -0.4 is 0 Å². The molecule has 0 heterocycles. The van der Waals surface area contributed by atoms with E-state index in [0.29, 0.717) is 12.1 Å². The average Bonchev–Trinajstić information content (AvgIpc) is 2.84. The molecule has 0 aromatic heterocycles. The van der Waals surface area contributed by atoms with Crippen molar-refractivity contribution in [2.45, 2.75) is 0 Å². The van der Waals surface area contributed by atoms with Crippen molar-refractivity contribution in [3.05, 3.63) is 78.9 Å². The van der Waals surface area contributed by atoms with Crippen LogP contribution in [0.15, 0.2) is 36.4 Å². The summed E-state index contributed by atoms with van der Waals surface area (Å²) < 4.78 is 0. The number of benzene rings is 5. The van der Waals surface area contributed by atoms with Gasteiger partial charge in [0.15, 0.2) is 0 Å². The van der Waals surface area contributed by atoms with Crippen LogP contribution in [0.25, 0.3) is 43.1 Å². The van der Waals surface area contributed by atoms with Gasteiger partial charge in [-0.3, -0.25) is 20.2 Å². The van der Waals surface area contributed by atoms with Gasteiger partial charge in [0, 0.05) is 28.3 Å². The van der Waals surface area contributed by atoms with Gasteiger partial charge in [-0.15, -0.1) is 0 Å². The third-order valence-corrected chi connectivity index (χ3v) is 6.38. The molecule has 5 aromatic rings. The molecule has 0 bridgehead atoms. The van der Waals surface area contributed by atoms with Crippen molar-refractivity contribution in [3.8, 4) is 0 Å². The van der Waals surface area contributed by atoms with Crippen LogP contribution in [0, 0.1) is 20.2 Å². The number of rotatable bonds is 6. The number of hydrogen-bond donors (Lipinski definition) is 4. The molecule has 14 heteroatoms. The number of aromatic carboxylic acids is 4. The Labute approximate surface area is 207 Å². The van der Waals surface area contributed by atoms with E-state index in [9.17, 15) is 59.8 Å². The number of nitro groups is 2. The predicted molar refractivity (Wildman–Crippen MR) is 129 cm³/mol. The number of hydrogen-bond acceptors (Lipinski definition) is 8. The molecule has 14 nitrogen and oxygen atoms in total. The lowest BCUT2D eigenvalue weighted by Crippen LogP contribution is -2.09. The summed E-state index contributed by atoms with van der Waals surface area (Å²) >= 11 is 0. The van der Waals surface area contributed by atoms with Crippen molar-refractivity contribution in [1.82, 2.24) is 0 Å². The van der Waals surface area contributed by atoms with E-state index in [-0.39, 0.29) is 21.5 Å². The van der Waals surface area contributed by atoms with Crippen LogP contribution in [0.4, 0.5) is 11.4 Å². The first-order chi connectivity index (χ1) is 17.9. The van der Waals surface area contributed by atoms with Crippen LogP contribution in [-0.4, -0.2) is 54.1 Å². The first kappa shape index (κ1) is 23.8. The highest BCUT2D eigenvalue weighted by atomic mass is 16.6. The molecular formula is C24H10N2O12. The Morgan fingerprint density at radius 3 is 1.16 bits per heavy atom. The second-order valence-electron chi connectivity index (χ2n) is 8.19. The molecule has 5 rings (SSSR count). The fourth-order valence-corrected chi connectivity index (χ4v) is 5.05. The maximum Gasteiger partial charge on any atom is 0.336 e. The zero-order chi connectivity index (χ0) is 27.8. The maximum absolute atomic E-state index is 12.1. The van der Waals surface area contributed by atoms with Gasteiger partial charge in [-0.2, -0.15) is 0 Å². The molecule has 0 atom stereocenters. The topological polar surface area (TPSA) is 235 Å². The van der Waals surface area contributed by atoms with Gasteiger partial charge < -0.3 is 20.4 Å². The smallest absolute Gasteiger partial charge is 0.336 e. The number of carbonyl (C=O) groups is 4. The quantitative estimate of drug-likeness (QED) is 0.106. The van der Waals surface area contributed by atoms with Crippen LogP contribution in [0.1, 0.15) is 41.4 Å². The minimum Gasteiger partial charge on any atom is -0.478 e. The van der Waals surface area contributed by atoms with Crippen molar-refractivity contribution in [2.75, 3.05) is 0 Å². The molecule has 0 aliphatic carbocycles. The van der Waals surface area contributed by atoms with Crippen molar-refractivity contribution in [1.29, 1.82) is 0 Å². The predicted octanol–water partition coefficient (Wildman–Crippen LogP) is 4.35. The Morgan fingerprint density at radius 1 is 0.500 bits per heavy atom. The molecule has 38 heavy (non-hydrogen) atoms. The number of carboxylic acids is 4. The molecule has 0 aliphatic rings. The van der Waals surface area contributed by atoms with Crippen molar-refractivity contribution in [3.63, 3.8) is 0 Å². The van der Waals surface area contributed by atoms with Gasteiger partial charge >= 0.3 is 23.9 Å². The second-order valence-corrected chi connectivity index (χ2v) is 8.19. The Balaban J connectivity index is 2.33. The van der Waals surface area contributed by atoms with Crippen LogP contribution in [-0.2, 0) is 0 Å². The molecule has 0 saturated heterocycles. The summed E-state index contributed by atoms with van der Waals surface area (Å²) in [4.78, 5) is 70.6. The highest BCUT2D eigenvalue weighted by Gasteiger charge is 2.34. The van der Waals surface area contributed by atoms with E-state index in [1.165, 1.54) is 0 Å². The van der Waals surface area contributed by atoms with E-state index in [1.807, 2.05) is 0 Å². The van der Waals surface area contributed by atoms with E-state index >= 15 is 0 Å². The van der Waals surface area contributed by atoms with Gasteiger partial charge in [0.25, 0.3) is 11.4 Å². The summed E-state index contributed by atoms with van der Waals surface area (Å²) in [5.74, 6) is -6.56.